The molecule has 4 saturated carbocycles. The van der Waals surface area contributed by atoms with Crippen LogP contribution in [0.15, 0.2) is 0 Å². The predicted octanol–water partition coefficient (Wildman–Crippen LogP) is 10.3. The second-order valence-electron chi connectivity index (χ2n) is 12.7. The first-order chi connectivity index (χ1) is 18.3. The van der Waals surface area contributed by atoms with Crippen molar-refractivity contribution in [1.29, 1.82) is 0 Å². The average molecular weight is 602 g/mol. The van der Waals surface area contributed by atoms with Crippen LogP contribution in [0.1, 0.15) is 180 Å². The molecule has 0 aromatic heterocycles. The van der Waals surface area contributed by atoms with Crippen LogP contribution in [0, 0.1) is 0 Å². The van der Waals surface area contributed by atoms with Gasteiger partial charge in [-0.2, -0.15) is 0 Å². The molecule has 0 radical (unpaired) electrons. The summed E-state index contributed by atoms with van der Waals surface area (Å²) in [4.78, 5) is 0. The molecule has 0 atom stereocenters. The first-order valence-electron chi connectivity index (χ1n) is 16.9. The van der Waals surface area contributed by atoms with Gasteiger partial charge in [0, 0.05) is 0 Å². The molecule has 0 aliphatic heterocycles. The van der Waals surface area contributed by atoms with Crippen molar-refractivity contribution in [2.24, 2.45) is 0 Å². The maximum atomic E-state index is 7.27. The molecule has 0 aromatic carbocycles. The first-order valence-corrected chi connectivity index (χ1v) is 20.5. The Labute approximate surface area is 235 Å². The van der Waals surface area contributed by atoms with E-state index in [-0.39, 0.29) is 24.4 Å². The molecule has 0 saturated heterocycles. The third-order valence-corrected chi connectivity index (χ3v) is 14.8. The van der Waals surface area contributed by atoms with Gasteiger partial charge in [-0.3, -0.25) is 0 Å². The van der Waals surface area contributed by atoms with E-state index in [1.165, 1.54) is 128 Å². The molecule has 0 N–H and O–H groups in total. The summed E-state index contributed by atoms with van der Waals surface area (Å²) in [6.07, 6.45) is 36.9. The van der Waals surface area contributed by atoms with Crippen LogP contribution < -0.4 is 0 Å². The van der Waals surface area contributed by atoms with Gasteiger partial charge in [0.15, 0.2) is 0 Å². The molecule has 0 amide bonds. The average Bonchev–Trinajstić information content (AvgIpc) is 2.81. The minimum atomic E-state index is -4.17. The topological polar surface area (TPSA) is 36.9 Å². The first kappa shape index (κ1) is 30.5. The third kappa shape index (κ3) is 11.9. The van der Waals surface area contributed by atoms with Gasteiger partial charge in [0.25, 0.3) is 0 Å². The van der Waals surface area contributed by atoms with Crippen molar-refractivity contribution >= 4 is 0 Å². The number of rotatable bonds is 8. The Bertz CT molecular complexity index is 454. The minimum absolute atomic E-state index is 0.266. The van der Waals surface area contributed by atoms with Crippen LogP contribution in [0.4, 0.5) is 0 Å². The zero-order chi connectivity index (χ0) is 25.4. The van der Waals surface area contributed by atoms with Gasteiger partial charge in [0.1, 0.15) is 0 Å². The zero-order valence-corrected chi connectivity index (χ0v) is 26.4. The van der Waals surface area contributed by atoms with E-state index in [9.17, 15) is 0 Å². The molecular formula is C32H60NbO4. The zero-order valence-electron chi connectivity index (χ0n) is 24.2. The summed E-state index contributed by atoms with van der Waals surface area (Å²) in [5.41, 5.74) is 0. The van der Waals surface area contributed by atoms with Gasteiger partial charge in [-0.25, -0.2) is 0 Å². The van der Waals surface area contributed by atoms with Crippen LogP contribution in [0.2, 0.25) is 0 Å². The van der Waals surface area contributed by atoms with Gasteiger partial charge in [-0.1, -0.05) is 0 Å². The second kappa shape index (κ2) is 18.1. The summed E-state index contributed by atoms with van der Waals surface area (Å²) in [5, 5.41) is 0. The molecule has 0 spiro atoms. The monoisotopic (exact) mass is 601 g/mol. The summed E-state index contributed by atoms with van der Waals surface area (Å²) in [5.74, 6) is 0. The molecule has 4 fully saturated rings. The molecule has 0 heterocycles. The van der Waals surface area contributed by atoms with Gasteiger partial charge < -0.3 is 0 Å². The Kier molecular flexibility index (Phi) is 14.9. The van der Waals surface area contributed by atoms with Crippen molar-refractivity contribution < 1.29 is 31.7 Å². The van der Waals surface area contributed by atoms with Crippen LogP contribution in [-0.4, -0.2) is 24.4 Å². The Morgan fingerprint density at radius 3 is 0.595 bits per heavy atom. The maximum absolute atomic E-state index is 7.27. The molecule has 5 heteroatoms. The fraction of sp³-hybridized carbons (Fsp3) is 1.00. The molecule has 0 aromatic rings. The van der Waals surface area contributed by atoms with Crippen molar-refractivity contribution in [3.63, 3.8) is 0 Å². The SMILES string of the molecule is C1CCCC([O][Nb]([O]C2CCCCCCC2)([O]C2CCCCCCC2)[O]C2CCCCCCC2)CCC1. The van der Waals surface area contributed by atoms with Crippen LogP contribution in [0.3, 0.4) is 0 Å². The summed E-state index contributed by atoms with van der Waals surface area (Å²) < 4.78 is 29.1. The molecule has 37 heavy (non-hydrogen) atoms. The van der Waals surface area contributed by atoms with E-state index in [1.54, 1.807) is 0 Å². The van der Waals surface area contributed by atoms with Gasteiger partial charge >= 0.3 is 236 Å². The fourth-order valence-electron chi connectivity index (χ4n) is 6.98. The quantitative estimate of drug-likeness (QED) is 0.260. The summed E-state index contributed by atoms with van der Waals surface area (Å²) >= 11 is -4.17. The summed E-state index contributed by atoms with van der Waals surface area (Å²) in [6.45, 7) is 0. The van der Waals surface area contributed by atoms with E-state index >= 15 is 0 Å². The summed E-state index contributed by atoms with van der Waals surface area (Å²) in [7, 11) is 0. The van der Waals surface area contributed by atoms with Crippen molar-refractivity contribution in [2.75, 3.05) is 0 Å². The van der Waals surface area contributed by atoms with E-state index in [2.05, 4.69) is 0 Å². The Balaban J connectivity index is 1.56. The molecule has 4 aliphatic carbocycles. The van der Waals surface area contributed by atoms with Gasteiger partial charge in [0.2, 0.25) is 0 Å². The molecule has 0 unspecified atom stereocenters. The van der Waals surface area contributed by atoms with E-state index in [4.69, 9.17) is 13.0 Å². The third-order valence-electron chi connectivity index (χ3n) is 9.32. The van der Waals surface area contributed by atoms with Gasteiger partial charge in [-0.15, -0.1) is 0 Å². The van der Waals surface area contributed by atoms with E-state index in [0.29, 0.717) is 0 Å². The molecule has 4 nitrogen and oxygen atoms in total. The van der Waals surface area contributed by atoms with Crippen molar-refractivity contribution in [3.8, 4) is 0 Å². The fourth-order valence-corrected chi connectivity index (χ4v) is 13.4. The van der Waals surface area contributed by atoms with Crippen molar-refractivity contribution in [3.05, 3.63) is 0 Å². The van der Waals surface area contributed by atoms with Crippen LogP contribution >= 0.6 is 0 Å². The predicted molar refractivity (Wildman–Crippen MR) is 149 cm³/mol. The Hall–Kier alpha value is 0.580. The number of hydrogen-bond donors (Lipinski definition) is 0. The molecule has 217 valence electrons. The molecule has 4 aliphatic rings. The van der Waals surface area contributed by atoms with Crippen LogP contribution in [-0.2, 0) is 31.7 Å². The van der Waals surface area contributed by atoms with Crippen molar-refractivity contribution in [1.82, 2.24) is 0 Å². The Morgan fingerprint density at radius 2 is 0.405 bits per heavy atom. The van der Waals surface area contributed by atoms with E-state index in [0.717, 1.165) is 51.4 Å². The van der Waals surface area contributed by atoms with Gasteiger partial charge in [-0.05, 0) is 0 Å². The van der Waals surface area contributed by atoms with Crippen molar-refractivity contribution in [2.45, 2.75) is 204 Å². The normalized spacial score (nSPS) is 26.6. The standard InChI is InChI=1S/4C8H15O.Nb/c4*9-8-6-4-2-1-3-5-7-8;/h4*8H,1-7H2;/q4*-1;+4. The molecule has 0 bridgehead atoms. The number of hydrogen-bond acceptors (Lipinski definition) is 4. The van der Waals surface area contributed by atoms with Crippen LogP contribution in [0.25, 0.3) is 0 Å². The summed E-state index contributed by atoms with van der Waals surface area (Å²) in [6, 6.07) is 0. The van der Waals surface area contributed by atoms with E-state index in [1.807, 2.05) is 0 Å². The molecule has 4 rings (SSSR count). The van der Waals surface area contributed by atoms with Crippen LogP contribution in [0.5, 0.6) is 0 Å². The van der Waals surface area contributed by atoms with Gasteiger partial charge in [0.05, 0.1) is 0 Å². The molecular weight excluding hydrogens is 541 g/mol. The van der Waals surface area contributed by atoms with E-state index < -0.39 is 18.7 Å². The second-order valence-corrected chi connectivity index (χ2v) is 17.0. The Morgan fingerprint density at radius 1 is 0.243 bits per heavy atom.